The topological polar surface area (TPSA) is 105 Å². The number of nitrogens with one attached hydrogen (secondary N) is 2. The molecule has 1 aliphatic carbocycles. The maximum atomic E-state index is 13.1. The first-order valence-corrected chi connectivity index (χ1v) is 16.7. The molecule has 7 rings (SSSR count). The lowest BCUT2D eigenvalue weighted by Gasteiger charge is -2.42. The minimum Gasteiger partial charge on any atom is -0.364 e. The smallest absolute Gasteiger partial charge is 0.364 e. The van der Waals surface area contributed by atoms with Gasteiger partial charge in [-0.25, -0.2) is 9.94 Å². The minimum atomic E-state index is -4.34. The maximum absolute atomic E-state index is 13.1. The van der Waals surface area contributed by atoms with Crippen molar-refractivity contribution >= 4 is 29.1 Å². The normalized spacial score (nSPS) is 24.6. The second kappa shape index (κ2) is 12.9. The first-order chi connectivity index (χ1) is 22.2. The molecular formula is C31H43F3N10O2. The number of amides is 2. The van der Waals surface area contributed by atoms with Crippen LogP contribution in [-0.2, 0) is 9.59 Å². The Morgan fingerprint density at radius 3 is 2.41 bits per heavy atom. The number of anilines is 2. The summed E-state index contributed by atoms with van der Waals surface area (Å²) in [5, 5.41) is 9.70. The van der Waals surface area contributed by atoms with E-state index < -0.39 is 24.9 Å². The number of rotatable bonds is 8. The second-order valence-corrected chi connectivity index (χ2v) is 13.3. The molecule has 0 radical (unpaired) electrons. The van der Waals surface area contributed by atoms with Gasteiger partial charge in [-0.1, -0.05) is 19.3 Å². The third-order valence-corrected chi connectivity index (χ3v) is 10.2. The van der Waals surface area contributed by atoms with Crippen LogP contribution in [0.5, 0.6) is 0 Å². The number of carbonyl (C=O) groups excluding carboxylic acids is 2. The molecule has 2 bridgehead atoms. The highest BCUT2D eigenvalue weighted by atomic mass is 19.4. The molecule has 4 aliphatic heterocycles. The van der Waals surface area contributed by atoms with Crippen molar-refractivity contribution in [2.45, 2.75) is 82.1 Å². The summed E-state index contributed by atoms with van der Waals surface area (Å²) in [4.78, 5) is 38.9. The van der Waals surface area contributed by atoms with E-state index in [0.717, 1.165) is 50.4 Å². The van der Waals surface area contributed by atoms with Crippen molar-refractivity contribution in [3.63, 3.8) is 0 Å². The lowest BCUT2D eigenvalue weighted by molar-refractivity contribution is -0.151. The van der Waals surface area contributed by atoms with Gasteiger partial charge in [-0.2, -0.15) is 18.2 Å². The largest absolute Gasteiger partial charge is 0.389 e. The second-order valence-electron chi connectivity index (χ2n) is 13.3. The van der Waals surface area contributed by atoms with Crippen molar-refractivity contribution < 1.29 is 22.8 Å². The zero-order valence-electron chi connectivity index (χ0n) is 26.1. The van der Waals surface area contributed by atoms with Crippen LogP contribution in [-0.4, -0.2) is 123 Å². The van der Waals surface area contributed by atoms with Crippen LogP contribution in [0.3, 0.4) is 0 Å². The highest BCUT2D eigenvalue weighted by Gasteiger charge is 2.43. The van der Waals surface area contributed by atoms with Crippen molar-refractivity contribution in [1.82, 2.24) is 39.7 Å². The number of aromatic nitrogens is 3. The Labute approximate surface area is 266 Å². The average Bonchev–Trinajstić information content (AvgIpc) is 3.75. The molecule has 4 fully saturated rings. The van der Waals surface area contributed by atoms with Crippen LogP contribution in [0.25, 0.3) is 5.65 Å². The number of pyridine rings is 1. The monoisotopic (exact) mass is 644 g/mol. The standard InChI is InChI=1S/C31H43F3N10O2/c32-31(33,34)11-10-27(45)44-24-8-9-25(44)20-41(19-24)26-7-4-12-43-29(26)37-30(38-43)36-22-17-35-42(18-22)21-28(46)40-15-13-39(14-16-40)23-5-2-1-3-6-23/h4,7,12,18,23-25,35H,1-3,5-6,8-11,13-17,19-21H2,(H,36,38). The number of piperazine rings is 2. The van der Waals surface area contributed by atoms with E-state index in [1.54, 1.807) is 9.42 Å². The lowest BCUT2D eigenvalue weighted by Crippen LogP contribution is -2.56. The van der Waals surface area contributed by atoms with Crippen LogP contribution in [0, 0.1) is 0 Å². The average molecular weight is 645 g/mol. The van der Waals surface area contributed by atoms with E-state index in [0.29, 0.717) is 37.3 Å². The van der Waals surface area contributed by atoms with E-state index in [2.05, 4.69) is 25.6 Å². The molecule has 15 heteroatoms. The highest BCUT2D eigenvalue weighted by molar-refractivity contribution is 5.79. The molecule has 2 aromatic heterocycles. The van der Waals surface area contributed by atoms with Gasteiger partial charge in [0, 0.05) is 76.2 Å². The van der Waals surface area contributed by atoms with Gasteiger partial charge in [0.25, 0.3) is 0 Å². The van der Waals surface area contributed by atoms with Crippen LogP contribution >= 0.6 is 0 Å². The zero-order chi connectivity index (χ0) is 31.8. The van der Waals surface area contributed by atoms with Gasteiger partial charge in [-0.15, -0.1) is 5.10 Å². The fraction of sp³-hybridized carbons (Fsp3) is 0.677. The van der Waals surface area contributed by atoms with Crippen molar-refractivity contribution in [3.05, 3.63) is 30.2 Å². The van der Waals surface area contributed by atoms with Crippen molar-refractivity contribution in [2.24, 2.45) is 0 Å². The summed E-state index contributed by atoms with van der Waals surface area (Å²) in [5.41, 5.74) is 5.63. The Kier molecular flexibility index (Phi) is 8.70. The molecule has 6 heterocycles. The Morgan fingerprint density at radius 1 is 0.957 bits per heavy atom. The predicted octanol–water partition coefficient (Wildman–Crippen LogP) is 2.80. The highest BCUT2D eigenvalue weighted by Crippen LogP contribution is 2.35. The summed E-state index contributed by atoms with van der Waals surface area (Å²) in [5.74, 6) is 0.124. The summed E-state index contributed by atoms with van der Waals surface area (Å²) in [6.07, 6.45) is 5.89. The number of halogens is 3. The molecule has 0 spiro atoms. The third-order valence-electron chi connectivity index (χ3n) is 10.2. The summed E-state index contributed by atoms with van der Waals surface area (Å²) >= 11 is 0. The van der Waals surface area contributed by atoms with Gasteiger partial charge in [-0.3, -0.25) is 14.5 Å². The minimum absolute atomic E-state index is 0.111. The zero-order valence-corrected chi connectivity index (χ0v) is 26.1. The number of nitrogens with zero attached hydrogens (tertiary/aromatic N) is 8. The van der Waals surface area contributed by atoms with E-state index in [4.69, 9.17) is 4.98 Å². The van der Waals surface area contributed by atoms with Gasteiger partial charge < -0.3 is 25.0 Å². The van der Waals surface area contributed by atoms with Crippen LogP contribution in [0.1, 0.15) is 57.8 Å². The fourth-order valence-corrected chi connectivity index (χ4v) is 7.89. The SMILES string of the molecule is O=C(CN1C=C(Nc2nc3c(N4CC5CCC(C4)N5C(=O)CCC(F)(F)F)cccn3n2)CN1)N1CCN(C2CCCCC2)CC1. The third kappa shape index (κ3) is 6.75. The molecule has 5 aliphatic rings. The Hall–Kier alpha value is -3.59. The van der Waals surface area contributed by atoms with E-state index in [1.807, 2.05) is 34.4 Å². The van der Waals surface area contributed by atoms with Crippen molar-refractivity contribution in [3.8, 4) is 0 Å². The molecule has 2 atom stereocenters. The summed E-state index contributed by atoms with van der Waals surface area (Å²) < 4.78 is 39.9. The van der Waals surface area contributed by atoms with Gasteiger partial charge >= 0.3 is 6.18 Å². The predicted molar refractivity (Wildman–Crippen MR) is 166 cm³/mol. The lowest BCUT2D eigenvalue weighted by atomic mass is 9.94. The fourth-order valence-electron chi connectivity index (χ4n) is 7.89. The van der Waals surface area contributed by atoms with Gasteiger partial charge in [0.15, 0.2) is 5.65 Å². The summed E-state index contributed by atoms with van der Waals surface area (Å²) in [6, 6.07) is 4.30. The first kappa shape index (κ1) is 31.0. The van der Waals surface area contributed by atoms with Crippen LogP contribution < -0.4 is 15.6 Å². The Bertz CT molecular complexity index is 1440. The van der Waals surface area contributed by atoms with Crippen LogP contribution in [0.2, 0.25) is 0 Å². The molecular weight excluding hydrogens is 601 g/mol. The van der Waals surface area contributed by atoms with E-state index in [9.17, 15) is 22.8 Å². The molecule has 2 amide bonds. The van der Waals surface area contributed by atoms with Crippen molar-refractivity contribution in [2.75, 3.05) is 62.6 Å². The summed E-state index contributed by atoms with van der Waals surface area (Å²) in [6.45, 7) is 5.29. The van der Waals surface area contributed by atoms with Gasteiger partial charge in [0.05, 0.1) is 24.4 Å². The van der Waals surface area contributed by atoms with Gasteiger partial charge in [0.1, 0.15) is 6.54 Å². The maximum Gasteiger partial charge on any atom is 0.389 e. The molecule has 2 unspecified atom stereocenters. The van der Waals surface area contributed by atoms with Gasteiger partial charge in [0.2, 0.25) is 17.8 Å². The number of alkyl halides is 3. The number of hydrogen-bond acceptors (Lipinski definition) is 9. The number of fused-ring (bicyclic) bond motifs is 3. The summed E-state index contributed by atoms with van der Waals surface area (Å²) in [7, 11) is 0. The van der Waals surface area contributed by atoms with Crippen LogP contribution in [0.4, 0.5) is 24.8 Å². The van der Waals surface area contributed by atoms with Crippen molar-refractivity contribution in [1.29, 1.82) is 0 Å². The number of carbonyl (C=O) groups is 2. The number of hydrazine groups is 1. The van der Waals surface area contributed by atoms with Crippen LogP contribution in [0.15, 0.2) is 30.2 Å². The number of hydrogen-bond donors (Lipinski definition) is 2. The molecule has 2 aromatic rings. The Morgan fingerprint density at radius 2 is 1.70 bits per heavy atom. The quantitative estimate of drug-likeness (QED) is 0.449. The van der Waals surface area contributed by atoms with Gasteiger partial charge in [-0.05, 0) is 37.8 Å². The molecule has 1 saturated carbocycles. The first-order valence-electron chi connectivity index (χ1n) is 16.7. The van der Waals surface area contributed by atoms with E-state index in [1.165, 1.54) is 32.1 Å². The van der Waals surface area contributed by atoms with E-state index >= 15 is 0 Å². The molecule has 3 saturated heterocycles. The Balaban J connectivity index is 0.940. The molecule has 2 N–H and O–H groups in total. The molecule has 250 valence electrons. The molecule has 12 nitrogen and oxygen atoms in total. The molecule has 0 aromatic carbocycles. The molecule has 46 heavy (non-hydrogen) atoms. The van der Waals surface area contributed by atoms with E-state index in [-0.39, 0.29) is 24.5 Å².